The maximum Gasteiger partial charge on any atom is 0.130 e. The summed E-state index contributed by atoms with van der Waals surface area (Å²) in [4.78, 5) is 0. The molecule has 0 aliphatic rings. The van der Waals surface area contributed by atoms with Crippen LogP contribution in [0.3, 0.4) is 0 Å². The third-order valence-corrected chi connectivity index (χ3v) is 3.07. The molecule has 0 saturated carbocycles. The van der Waals surface area contributed by atoms with E-state index in [1.807, 2.05) is 6.92 Å². The number of hydrogen-bond donors (Lipinski definition) is 1. The molecule has 2 rings (SSSR count). The topological polar surface area (TPSA) is 37.8 Å². The Balaban J connectivity index is 2.17. The molecule has 6 heteroatoms. The molecule has 1 unspecified atom stereocenters. The lowest BCUT2D eigenvalue weighted by atomic mass is 10.1. The first kappa shape index (κ1) is 11.3. The molecule has 0 radical (unpaired) electrons. The Hall–Kier alpha value is -1.20. The summed E-state index contributed by atoms with van der Waals surface area (Å²) >= 11 is 7.22. The van der Waals surface area contributed by atoms with Crippen LogP contribution >= 0.6 is 23.1 Å². The number of nitrogens with zero attached hydrogens (tertiary/aromatic N) is 2. The fourth-order valence-electron chi connectivity index (χ4n) is 1.37. The van der Waals surface area contributed by atoms with Crippen molar-refractivity contribution in [2.75, 3.05) is 5.32 Å². The molecule has 2 aromatic rings. The van der Waals surface area contributed by atoms with Crippen LogP contribution in [-0.2, 0) is 0 Å². The molecule has 1 aromatic heterocycles. The number of aromatic nitrogens is 2. The summed E-state index contributed by atoms with van der Waals surface area (Å²) in [5.74, 6) is -0.333. The number of halogens is 2. The Morgan fingerprint density at radius 3 is 2.94 bits per heavy atom. The van der Waals surface area contributed by atoms with Crippen molar-refractivity contribution in [1.82, 2.24) is 9.59 Å². The summed E-state index contributed by atoms with van der Waals surface area (Å²) in [6.45, 7) is 1.94. The predicted molar refractivity (Wildman–Crippen MR) is 63.4 cm³/mol. The summed E-state index contributed by atoms with van der Waals surface area (Å²) < 4.78 is 16.6. The third kappa shape index (κ3) is 2.48. The van der Waals surface area contributed by atoms with Crippen molar-refractivity contribution in [2.24, 2.45) is 0 Å². The van der Waals surface area contributed by atoms with Gasteiger partial charge in [0.15, 0.2) is 0 Å². The summed E-state index contributed by atoms with van der Waals surface area (Å²) in [6.07, 6.45) is 1.64. The SMILES string of the molecule is CC(Nc1cnns1)c1ccc(F)cc1Cl. The quantitative estimate of drug-likeness (QED) is 0.914. The van der Waals surface area contributed by atoms with Crippen LogP contribution in [0.1, 0.15) is 18.5 Å². The van der Waals surface area contributed by atoms with Gasteiger partial charge in [-0.15, -0.1) is 5.10 Å². The summed E-state index contributed by atoms with van der Waals surface area (Å²) in [7, 11) is 0. The lowest BCUT2D eigenvalue weighted by Gasteiger charge is -2.14. The van der Waals surface area contributed by atoms with Gasteiger partial charge >= 0.3 is 0 Å². The van der Waals surface area contributed by atoms with Gasteiger partial charge in [0.1, 0.15) is 10.8 Å². The Labute approximate surface area is 101 Å². The van der Waals surface area contributed by atoms with Crippen LogP contribution in [0, 0.1) is 5.82 Å². The van der Waals surface area contributed by atoms with Gasteiger partial charge in [-0.3, -0.25) is 0 Å². The van der Waals surface area contributed by atoms with Gasteiger partial charge in [0.05, 0.1) is 12.2 Å². The van der Waals surface area contributed by atoms with E-state index in [1.165, 1.54) is 23.7 Å². The van der Waals surface area contributed by atoms with Crippen LogP contribution in [0.15, 0.2) is 24.4 Å². The molecule has 0 saturated heterocycles. The Kier molecular flexibility index (Phi) is 3.36. The van der Waals surface area contributed by atoms with Gasteiger partial charge in [-0.2, -0.15) is 0 Å². The molecule has 84 valence electrons. The fraction of sp³-hybridized carbons (Fsp3) is 0.200. The Bertz CT molecular complexity index is 475. The molecular formula is C10H9ClFN3S. The van der Waals surface area contributed by atoms with E-state index < -0.39 is 0 Å². The summed E-state index contributed by atoms with van der Waals surface area (Å²) in [5.41, 5.74) is 0.844. The molecule has 1 N–H and O–H groups in total. The van der Waals surface area contributed by atoms with E-state index in [2.05, 4.69) is 14.9 Å². The van der Waals surface area contributed by atoms with E-state index in [1.54, 1.807) is 12.3 Å². The molecule has 1 atom stereocenters. The third-order valence-electron chi connectivity index (χ3n) is 2.15. The molecule has 16 heavy (non-hydrogen) atoms. The molecule has 0 fully saturated rings. The maximum atomic E-state index is 12.9. The summed E-state index contributed by atoms with van der Waals surface area (Å²) in [5, 5.41) is 8.17. The van der Waals surface area contributed by atoms with Crippen LogP contribution in [0.4, 0.5) is 9.39 Å². The van der Waals surface area contributed by atoms with Crippen molar-refractivity contribution in [3.05, 3.63) is 40.8 Å². The van der Waals surface area contributed by atoms with E-state index in [0.29, 0.717) is 5.02 Å². The first-order valence-corrected chi connectivity index (χ1v) is 5.81. The monoisotopic (exact) mass is 257 g/mol. The van der Waals surface area contributed by atoms with Crippen LogP contribution in [0.25, 0.3) is 0 Å². The minimum absolute atomic E-state index is 0.0182. The lowest BCUT2D eigenvalue weighted by molar-refractivity contribution is 0.626. The van der Waals surface area contributed by atoms with Crippen molar-refractivity contribution in [1.29, 1.82) is 0 Å². The van der Waals surface area contributed by atoms with Crippen LogP contribution in [-0.4, -0.2) is 9.59 Å². The fourth-order valence-corrected chi connectivity index (χ4v) is 2.21. The van der Waals surface area contributed by atoms with Gasteiger partial charge in [0.2, 0.25) is 0 Å². The first-order valence-electron chi connectivity index (χ1n) is 4.65. The number of rotatable bonds is 3. The van der Waals surface area contributed by atoms with Gasteiger partial charge in [-0.25, -0.2) is 4.39 Å². The molecule has 0 bridgehead atoms. The Morgan fingerprint density at radius 1 is 1.50 bits per heavy atom. The largest absolute Gasteiger partial charge is 0.368 e. The van der Waals surface area contributed by atoms with Crippen molar-refractivity contribution in [2.45, 2.75) is 13.0 Å². The van der Waals surface area contributed by atoms with Crippen molar-refractivity contribution >= 4 is 28.1 Å². The van der Waals surface area contributed by atoms with Gasteiger partial charge in [-0.1, -0.05) is 22.2 Å². The minimum Gasteiger partial charge on any atom is -0.368 e. The van der Waals surface area contributed by atoms with Crippen LogP contribution in [0.5, 0.6) is 0 Å². The normalized spacial score (nSPS) is 12.4. The average molecular weight is 258 g/mol. The lowest BCUT2D eigenvalue weighted by Crippen LogP contribution is -2.06. The zero-order valence-electron chi connectivity index (χ0n) is 8.45. The average Bonchev–Trinajstić information content (AvgIpc) is 2.70. The van der Waals surface area contributed by atoms with E-state index in [9.17, 15) is 4.39 Å². The molecule has 3 nitrogen and oxygen atoms in total. The number of nitrogens with one attached hydrogen (secondary N) is 1. The molecule has 1 aromatic carbocycles. The highest BCUT2D eigenvalue weighted by Gasteiger charge is 2.11. The number of benzene rings is 1. The standard InChI is InChI=1S/C10H9ClFN3S/c1-6(14-10-5-13-15-16-10)8-3-2-7(12)4-9(8)11/h2-6,14H,1H3. The molecule has 0 spiro atoms. The second-order valence-corrected chi connectivity index (χ2v) is 4.51. The minimum atomic E-state index is -0.333. The molecular weight excluding hydrogens is 249 g/mol. The molecule has 0 amide bonds. The molecule has 0 aliphatic carbocycles. The van der Waals surface area contributed by atoms with Crippen molar-refractivity contribution in [3.63, 3.8) is 0 Å². The van der Waals surface area contributed by atoms with E-state index in [0.717, 1.165) is 10.6 Å². The molecule has 1 heterocycles. The Morgan fingerprint density at radius 2 is 2.31 bits per heavy atom. The van der Waals surface area contributed by atoms with E-state index >= 15 is 0 Å². The van der Waals surface area contributed by atoms with Gasteiger partial charge in [0, 0.05) is 16.6 Å². The van der Waals surface area contributed by atoms with Crippen molar-refractivity contribution < 1.29 is 4.39 Å². The molecule has 0 aliphatic heterocycles. The van der Waals surface area contributed by atoms with E-state index in [4.69, 9.17) is 11.6 Å². The zero-order valence-corrected chi connectivity index (χ0v) is 10.0. The van der Waals surface area contributed by atoms with Gasteiger partial charge in [0.25, 0.3) is 0 Å². The highest BCUT2D eigenvalue weighted by atomic mass is 35.5. The zero-order chi connectivity index (χ0) is 11.5. The highest BCUT2D eigenvalue weighted by Crippen LogP contribution is 2.27. The predicted octanol–water partition coefficient (Wildman–Crippen LogP) is 3.50. The van der Waals surface area contributed by atoms with Crippen LogP contribution in [0.2, 0.25) is 5.02 Å². The number of anilines is 1. The smallest absolute Gasteiger partial charge is 0.130 e. The van der Waals surface area contributed by atoms with Gasteiger partial charge in [-0.05, 0) is 24.6 Å². The van der Waals surface area contributed by atoms with Crippen molar-refractivity contribution in [3.8, 4) is 0 Å². The van der Waals surface area contributed by atoms with E-state index in [-0.39, 0.29) is 11.9 Å². The number of hydrogen-bond acceptors (Lipinski definition) is 4. The van der Waals surface area contributed by atoms with Crippen LogP contribution < -0.4 is 5.32 Å². The highest BCUT2D eigenvalue weighted by molar-refractivity contribution is 7.09. The second kappa shape index (κ2) is 4.76. The maximum absolute atomic E-state index is 12.9. The summed E-state index contributed by atoms with van der Waals surface area (Å²) in [6, 6.07) is 4.35. The second-order valence-electron chi connectivity index (χ2n) is 3.31. The van der Waals surface area contributed by atoms with Gasteiger partial charge < -0.3 is 5.32 Å². The first-order chi connectivity index (χ1) is 7.66.